The molecule has 3 aromatic carbocycles. The molecule has 42 heavy (non-hydrogen) atoms. The number of quaternary nitrogens is 1. The Morgan fingerprint density at radius 1 is 0.810 bits per heavy atom. The van der Waals surface area contributed by atoms with E-state index in [1.54, 1.807) is 0 Å². The van der Waals surface area contributed by atoms with Gasteiger partial charge in [-0.3, -0.25) is 10.1 Å². The number of hydrogen-bond acceptors (Lipinski definition) is 3. The molecule has 2 fully saturated rings. The molecular formula is C36H43N4O2+. The number of benzene rings is 3. The van der Waals surface area contributed by atoms with Gasteiger partial charge in [-0.05, 0) is 43.4 Å². The van der Waals surface area contributed by atoms with Crippen LogP contribution >= 0.6 is 0 Å². The molecule has 2 N–H and O–H groups in total. The van der Waals surface area contributed by atoms with Gasteiger partial charge in [-0.25, -0.2) is 4.79 Å². The van der Waals surface area contributed by atoms with Crippen LogP contribution < -0.4 is 15.2 Å². The van der Waals surface area contributed by atoms with Crippen molar-refractivity contribution in [3.8, 4) is 0 Å². The summed E-state index contributed by atoms with van der Waals surface area (Å²) in [6.07, 6.45) is 13.7. The van der Waals surface area contributed by atoms with Crippen molar-refractivity contribution in [2.24, 2.45) is 16.9 Å². The molecular weight excluding hydrogens is 520 g/mol. The van der Waals surface area contributed by atoms with Crippen molar-refractivity contribution in [1.82, 2.24) is 4.59 Å². The van der Waals surface area contributed by atoms with E-state index in [2.05, 4.69) is 28.8 Å². The highest BCUT2D eigenvalue weighted by Gasteiger charge is 2.45. The number of amides is 3. The van der Waals surface area contributed by atoms with Crippen LogP contribution in [0, 0.1) is 11.8 Å². The van der Waals surface area contributed by atoms with Crippen molar-refractivity contribution >= 4 is 34.7 Å². The third kappa shape index (κ3) is 6.34. The second-order valence-corrected chi connectivity index (χ2v) is 12.3. The Kier molecular flexibility index (Phi) is 8.80. The van der Waals surface area contributed by atoms with Gasteiger partial charge in [0.05, 0.1) is 5.69 Å². The van der Waals surface area contributed by atoms with Gasteiger partial charge in [0.15, 0.2) is 5.69 Å². The fraction of sp³-hybridized carbons (Fsp3) is 0.417. The number of nitrogens with zero attached hydrogens (tertiary/aromatic N) is 2. The third-order valence-corrected chi connectivity index (χ3v) is 9.39. The molecule has 6 heteroatoms. The average molecular weight is 564 g/mol. The van der Waals surface area contributed by atoms with Gasteiger partial charge in [0.2, 0.25) is 5.91 Å². The number of nitrogens with one attached hydrogen (secondary N) is 2. The fourth-order valence-corrected chi connectivity index (χ4v) is 7.03. The molecule has 0 saturated heterocycles. The van der Waals surface area contributed by atoms with Gasteiger partial charge >= 0.3 is 6.03 Å². The average Bonchev–Trinajstić information content (AvgIpc) is 3.16. The molecule has 1 heterocycles. The van der Waals surface area contributed by atoms with E-state index >= 15 is 0 Å². The summed E-state index contributed by atoms with van der Waals surface area (Å²) in [5.74, 6) is 1.04. The Balaban J connectivity index is 1.33. The van der Waals surface area contributed by atoms with Gasteiger partial charge in [-0.2, -0.15) is 0 Å². The Labute approximate surface area is 249 Å². The first-order chi connectivity index (χ1) is 20.6. The lowest BCUT2D eigenvalue weighted by Crippen LogP contribution is -2.51. The largest absolute Gasteiger partial charge is 0.453 e. The molecule has 0 radical (unpaired) electrons. The molecule has 2 saturated carbocycles. The first-order valence-electron chi connectivity index (χ1n) is 15.9. The molecule has 6 rings (SSSR count). The van der Waals surface area contributed by atoms with Crippen LogP contribution in [0.15, 0.2) is 84.0 Å². The lowest BCUT2D eigenvalue weighted by atomic mass is 9.83. The zero-order valence-electron chi connectivity index (χ0n) is 24.6. The van der Waals surface area contributed by atoms with E-state index < -0.39 is 0 Å². The fourth-order valence-electron chi connectivity index (χ4n) is 7.03. The van der Waals surface area contributed by atoms with Gasteiger partial charge in [0, 0.05) is 41.3 Å². The minimum Gasteiger partial charge on any atom is -0.326 e. The van der Waals surface area contributed by atoms with Crippen LogP contribution in [-0.2, 0) is 11.3 Å². The minimum atomic E-state index is -0.208. The van der Waals surface area contributed by atoms with Gasteiger partial charge < -0.3 is 5.32 Å². The number of rotatable bonds is 8. The monoisotopic (exact) mass is 563 g/mol. The molecule has 6 nitrogen and oxygen atoms in total. The summed E-state index contributed by atoms with van der Waals surface area (Å²) in [5.41, 5.74) is 5.41. The summed E-state index contributed by atoms with van der Waals surface area (Å²) in [6.45, 7) is 0.393. The molecule has 3 amide bonds. The number of para-hydroxylation sites is 1. The lowest BCUT2D eigenvalue weighted by molar-refractivity contribution is -0.116. The lowest BCUT2D eigenvalue weighted by Gasteiger charge is -2.30. The van der Waals surface area contributed by atoms with Crippen molar-refractivity contribution in [2.75, 3.05) is 10.6 Å². The van der Waals surface area contributed by atoms with E-state index in [1.807, 2.05) is 60.7 Å². The van der Waals surface area contributed by atoms with Crippen molar-refractivity contribution in [2.45, 2.75) is 83.6 Å². The van der Waals surface area contributed by atoms with Gasteiger partial charge in [0.1, 0.15) is 12.3 Å². The number of anilines is 2. The van der Waals surface area contributed by atoms with Crippen molar-refractivity contribution < 1.29 is 9.59 Å². The van der Waals surface area contributed by atoms with E-state index in [4.69, 9.17) is 5.10 Å². The first-order valence-corrected chi connectivity index (χ1v) is 15.9. The minimum absolute atomic E-state index is 0.0575. The summed E-state index contributed by atoms with van der Waals surface area (Å²) in [4.78, 5) is 27.1. The smallest absolute Gasteiger partial charge is 0.326 e. The van der Waals surface area contributed by atoms with E-state index in [0.717, 1.165) is 53.2 Å². The summed E-state index contributed by atoms with van der Waals surface area (Å²) in [5, 5.41) is 11.8. The van der Waals surface area contributed by atoms with Crippen molar-refractivity contribution in [3.63, 3.8) is 0 Å². The Morgan fingerprint density at radius 2 is 1.48 bits per heavy atom. The van der Waals surface area contributed by atoms with E-state index in [0.29, 0.717) is 24.8 Å². The molecule has 3 aromatic rings. The summed E-state index contributed by atoms with van der Waals surface area (Å²) in [7, 11) is 0. The predicted molar refractivity (Wildman–Crippen MR) is 171 cm³/mol. The Morgan fingerprint density at radius 3 is 2.21 bits per heavy atom. The zero-order chi connectivity index (χ0) is 28.8. The molecule has 3 aliphatic rings. The van der Waals surface area contributed by atoms with E-state index in [9.17, 15) is 9.59 Å². The maximum Gasteiger partial charge on any atom is 0.453 e. The maximum absolute atomic E-state index is 14.3. The highest BCUT2D eigenvalue weighted by Crippen LogP contribution is 2.38. The number of hydrogen-bond donors (Lipinski definition) is 2. The molecule has 2 aliphatic carbocycles. The molecule has 0 bridgehead atoms. The molecule has 0 spiro atoms. The summed E-state index contributed by atoms with van der Waals surface area (Å²) < 4.78 is -0.208. The van der Waals surface area contributed by atoms with Crippen molar-refractivity contribution in [1.29, 1.82) is 0 Å². The topological polar surface area (TPSA) is 70.6 Å². The molecule has 218 valence electrons. The number of carbonyl (C=O) groups excluding carboxylic acids is 2. The number of urea groups is 1. The highest BCUT2D eigenvalue weighted by atomic mass is 16.2. The van der Waals surface area contributed by atoms with Crippen LogP contribution in [0.1, 0.15) is 88.2 Å². The third-order valence-electron chi connectivity index (χ3n) is 9.39. The van der Waals surface area contributed by atoms with Crippen LogP contribution in [-0.4, -0.2) is 17.6 Å². The number of fused-ring (bicyclic) bond motifs is 1. The van der Waals surface area contributed by atoms with Crippen LogP contribution in [0.3, 0.4) is 0 Å². The van der Waals surface area contributed by atoms with Gasteiger partial charge in [-0.15, -0.1) is 0 Å². The first kappa shape index (κ1) is 28.4. The maximum atomic E-state index is 14.3. The predicted octanol–water partition coefficient (Wildman–Crippen LogP) is 9.02. The normalized spacial score (nSPS) is 21.5. The molecule has 1 aliphatic heterocycles. The van der Waals surface area contributed by atoms with Gasteiger partial charge in [0.25, 0.3) is 0 Å². The van der Waals surface area contributed by atoms with Crippen LogP contribution in [0.25, 0.3) is 0 Å². The highest BCUT2D eigenvalue weighted by molar-refractivity contribution is 6.13. The van der Waals surface area contributed by atoms with Crippen LogP contribution in [0.4, 0.5) is 21.9 Å². The SMILES string of the molecule is O=C(CCC1CCCCC1)Nc1ccc([N+]2(Cc3ccccc3)N=C(C3CCCCC3)c3ccccc3NC2=O)cc1. The molecule has 1 atom stereocenters. The van der Waals surface area contributed by atoms with Crippen LogP contribution in [0.5, 0.6) is 0 Å². The van der Waals surface area contributed by atoms with Crippen molar-refractivity contribution in [3.05, 3.63) is 90.0 Å². The summed E-state index contributed by atoms with van der Waals surface area (Å²) >= 11 is 0. The summed E-state index contributed by atoms with van der Waals surface area (Å²) in [6, 6.07) is 25.8. The second-order valence-electron chi connectivity index (χ2n) is 12.3. The zero-order valence-corrected chi connectivity index (χ0v) is 24.6. The Bertz CT molecular complexity index is 1410. The molecule has 0 aromatic heterocycles. The molecule has 1 unspecified atom stereocenters. The van der Waals surface area contributed by atoms with Crippen LogP contribution in [0.2, 0.25) is 0 Å². The number of carbonyl (C=O) groups is 2. The quantitative estimate of drug-likeness (QED) is 0.268. The Hall–Kier alpha value is -3.77. The standard InChI is InChI=1S/C36H42N4O2/c41-34(25-20-27-12-4-1-5-13-27)37-30-21-23-31(24-22-30)40(26-28-14-6-2-7-15-28)36(42)38-33-19-11-10-18-32(33)35(39-40)29-16-8-3-9-17-29/h2,6-7,10-11,14-15,18-19,21-24,27,29H,1,3-5,8-9,12-13,16-17,20,25-26H2,(H-,37,38,39,41,42)/p+1. The van der Waals surface area contributed by atoms with Gasteiger partial charge in [-0.1, -0.05) is 110 Å². The van der Waals surface area contributed by atoms with E-state index in [1.165, 1.54) is 51.4 Å². The van der Waals surface area contributed by atoms with E-state index in [-0.39, 0.29) is 16.5 Å². The second kappa shape index (κ2) is 13.0.